The molecule has 0 spiro atoms. The van der Waals surface area contributed by atoms with Gasteiger partial charge in [0.15, 0.2) is 0 Å². The molecule has 0 saturated heterocycles. The number of nitrogens with zero attached hydrogens (tertiary/aromatic N) is 2. The summed E-state index contributed by atoms with van der Waals surface area (Å²) in [6, 6.07) is 8.59. The molecule has 2 rings (SSSR count). The fourth-order valence-corrected chi connectivity index (χ4v) is 1.54. The second-order valence-electron chi connectivity index (χ2n) is 3.46. The van der Waals surface area contributed by atoms with Crippen LogP contribution in [0.4, 0.5) is 0 Å². The minimum Gasteiger partial charge on any atom is -0.275 e. The Morgan fingerprint density at radius 1 is 1.29 bits per heavy atom. The van der Waals surface area contributed by atoms with Crippen LogP contribution >= 0.6 is 0 Å². The van der Waals surface area contributed by atoms with Crippen molar-refractivity contribution in [3.05, 3.63) is 42.2 Å². The molecule has 0 bridgehead atoms. The van der Waals surface area contributed by atoms with E-state index in [1.165, 1.54) is 16.7 Å². The van der Waals surface area contributed by atoms with Crippen molar-refractivity contribution in [3.63, 3.8) is 0 Å². The Kier molecular flexibility index (Phi) is 2.35. The standard InChI is InChI=1S/C12H14N2/c1-3-10-5-4-6-11(7-10)12-8-13-14(2)9-12/h4-9H,3H2,1-2H3. The third kappa shape index (κ3) is 1.69. The molecular weight excluding hydrogens is 172 g/mol. The highest BCUT2D eigenvalue weighted by atomic mass is 15.2. The molecule has 2 nitrogen and oxygen atoms in total. The normalized spacial score (nSPS) is 10.4. The number of aryl methyl sites for hydroxylation is 2. The molecule has 2 heteroatoms. The Morgan fingerprint density at radius 2 is 2.14 bits per heavy atom. The Balaban J connectivity index is 2.41. The van der Waals surface area contributed by atoms with Gasteiger partial charge in [-0.05, 0) is 17.5 Å². The minimum absolute atomic E-state index is 1.08. The molecule has 0 fully saturated rings. The zero-order chi connectivity index (χ0) is 9.97. The van der Waals surface area contributed by atoms with Crippen LogP contribution in [0.5, 0.6) is 0 Å². The van der Waals surface area contributed by atoms with E-state index >= 15 is 0 Å². The van der Waals surface area contributed by atoms with Crippen molar-refractivity contribution in [1.29, 1.82) is 0 Å². The van der Waals surface area contributed by atoms with E-state index in [2.05, 4.69) is 36.3 Å². The molecule has 0 aliphatic carbocycles. The van der Waals surface area contributed by atoms with Crippen molar-refractivity contribution in [2.45, 2.75) is 13.3 Å². The smallest absolute Gasteiger partial charge is 0.0568 e. The van der Waals surface area contributed by atoms with Crippen molar-refractivity contribution in [2.24, 2.45) is 7.05 Å². The van der Waals surface area contributed by atoms with Crippen LogP contribution in [0, 0.1) is 0 Å². The van der Waals surface area contributed by atoms with Gasteiger partial charge >= 0.3 is 0 Å². The van der Waals surface area contributed by atoms with Crippen molar-refractivity contribution >= 4 is 0 Å². The molecule has 0 aliphatic rings. The summed E-state index contributed by atoms with van der Waals surface area (Å²) in [5.74, 6) is 0. The predicted molar refractivity (Wildman–Crippen MR) is 58.0 cm³/mol. The monoisotopic (exact) mass is 186 g/mol. The third-order valence-corrected chi connectivity index (χ3v) is 2.37. The maximum Gasteiger partial charge on any atom is 0.0568 e. The van der Waals surface area contributed by atoms with Gasteiger partial charge in [-0.25, -0.2) is 0 Å². The largest absolute Gasteiger partial charge is 0.275 e. The summed E-state index contributed by atoms with van der Waals surface area (Å²) >= 11 is 0. The molecule has 0 amide bonds. The summed E-state index contributed by atoms with van der Waals surface area (Å²) in [6.45, 7) is 2.17. The Hall–Kier alpha value is -1.57. The van der Waals surface area contributed by atoms with Crippen LogP contribution in [0.1, 0.15) is 12.5 Å². The molecule has 2 aromatic rings. The summed E-state index contributed by atoms with van der Waals surface area (Å²) in [6.07, 6.45) is 5.01. The van der Waals surface area contributed by atoms with Gasteiger partial charge < -0.3 is 0 Å². The summed E-state index contributed by atoms with van der Waals surface area (Å²) < 4.78 is 1.83. The summed E-state index contributed by atoms with van der Waals surface area (Å²) in [5.41, 5.74) is 3.80. The fraction of sp³-hybridized carbons (Fsp3) is 0.250. The van der Waals surface area contributed by atoms with E-state index in [0.717, 1.165) is 6.42 Å². The topological polar surface area (TPSA) is 17.8 Å². The van der Waals surface area contributed by atoms with Gasteiger partial charge in [-0.1, -0.05) is 31.2 Å². The molecule has 0 radical (unpaired) electrons. The molecule has 1 heterocycles. The molecule has 0 aliphatic heterocycles. The first-order valence-corrected chi connectivity index (χ1v) is 4.87. The number of hydrogen-bond acceptors (Lipinski definition) is 1. The van der Waals surface area contributed by atoms with Crippen LogP contribution in [-0.4, -0.2) is 9.78 Å². The Labute approximate surface area is 84.2 Å². The van der Waals surface area contributed by atoms with Gasteiger partial charge in [-0.2, -0.15) is 5.10 Å². The lowest BCUT2D eigenvalue weighted by Crippen LogP contribution is -1.84. The number of rotatable bonds is 2. The molecule has 14 heavy (non-hydrogen) atoms. The van der Waals surface area contributed by atoms with Crippen molar-refractivity contribution in [1.82, 2.24) is 9.78 Å². The molecule has 1 aromatic carbocycles. The van der Waals surface area contributed by atoms with Crippen molar-refractivity contribution in [2.75, 3.05) is 0 Å². The second-order valence-corrected chi connectivity index (χ2v) is 3.46. The van der Waals surface area contributed by atoms with E-state index in [1.807, 2.05) is 24.1 Å². The minimum atomic E-state index is 1.08. The van der Waals surface area contributed by atoms with Gasteiger partial charge in [0.2, 0.25) is 0 Å². The van der Waals surface area contributed by atoms with E-state index in [4.69, 9.17) is 0 Å². The number of hydrogen-bond donors (Lipinski definition) is 0. The third-order valence-electron chi connectivity index (χ3n) is 2.37. The average molecular weight is 186 g/mol. The zero-order valence-electron chi connectivity index (χ0n) is 8.57. The molecule has 0 N–H and O–H groups in total. The molecule has 1 aromatic heterocycles. The second kappa shape index (κ2) is 3.66. The van der Waals surface area contributed by atoms with Crippen molar-refractivity contribution in [3.8, 4) is 11.1 Å². The number of aromatic nitrogens is 2. The van der Waals surface area contributed by atoms with Crippen LogP contribution in [0.25, 0.3) is 11.1 Å². The Morgan fingerprint density at radius 3 is 2.79 bits per heavy atom. The van der Waals surface area contributed by atoms with Crippen molar-refractivity contribution < 1.29 is 0 Å². The van der Waals surface area contributed by atoms with E-state index in [0.29, 0.717) is 0 Å². The van der Waals surface area contributed by atoms with Crippen LogP contribution in [0.2, 0.25) is 0 Å². The van der Waals surface area contributed by atoms with E-state index in [-0.39, 0.29) is 0 Å². The van der Waals surface area contributed by atoms with Gasteiger partial charge in [0.1, 0.15) is 0 Å². The van der Waals surface area contributed by atoms with E-state index < -0.39 is 0 Å². The summed E-state index contributed by atoms with van der Waals surface area (Å²) in [4.78, 5) is 0. The number of benzene rings is 1. The van der Waals surface area contributed by atoms with Gasteiger partial charge in [0, 0.05) is 18.8 Å². The predicted octanol–water partition coefficient (Wildman–Crippen LogP) is 2.65. The van der Waals surface area contributed by atoms with Gasteiger partial charge in [0.05, 0.1) is 6.20 Å². The van der Waals surface area contributed by atoms with Crippen LogP contribution in [0.15, 0.2) is 36.7 Å². The lowest BCUT2D eigenvalue weighted by Gasteiger charge is -2.00. The highest BCUT2D eigenvalue weighted by molar-refractivity contribution is 5.62. The van der Waals surface area contributed by atoms with Crippen LogP contribution in [0.3, 0.4) is 0 Å². The molecular formula is C12H14N2. The molecule has 0 saturated carbocycles. The Bertz CT molecular complexity index is 429. The quantitative estimate of drug-likeness (QED) is 0.705. The lowest BCUT2D eigenvalue weighted by atomic mass is 10.1. The first-order chi connectivity index (χ1) is 6.79. The molecule has 72 valence electrons. The van der Waals surface area contributed by atoms with Crippen LogP contribution in [-0.2, 0) is 13.5 Å². The fourth-order valence-electron chi connectivity index (χ4n) is 1.54. The molecule has 0 unspecified atom stereocenters. The molecule has 0 atom stereocenters. The first-order valence-electron chi connectivity index (χ1n) is 4.87. The van der Waals surface area contributed by atoms with Gasteiger partial charge in [-0.3, -0.25) is 4.68 Å². The summed E-state index contributed by atoms with van der Waals surface area (Å²) in [5, 5.41) is 4.17. The zero-order valence-corrected chi connectivity index (χ0v) is 8.57. The lowest BCUT2D eigenvalue weighted by molar-refractivity contribution is 0.768. The van der Waals surface area contributed by atoms with Crippen LogP contribution < -0.4 is 0 Å². The first kappa shape index (κ1) is 9.00. The summed E-state index contributed by atoms with van der Waals surface area (Å²) in [7, 11) is 1.94. The maximum atomic E-state index is 4.17. The highest BCUT2D eigenvalue weighted by Gasteiger charge is 2.00. The average Bonchev–Trinajstić information content (AvgIpc) is 2.65. The maximum absolute atomic E-state index is 4.17. The van der Waals surface area contributed by atoms with E-state index in [9.17, 15) is 0 Å². The highest BCUT2D eigenvalue weighted by Crippen LogP contribution is 2.19. The van der Waals surface area contributed by atoms with Gasteiger partial charge in [-0.15, -0.1) is 0 Å². The van der Waals surface area contributed by atoms with E-state index in [1.54, 1.807) is 0 Å². The van der Waals surface area contributed by atoms with Gasteiger partial charge in [0.25, 0.3) is 0 Å². The SMILES string of the molecule is CCc1cccc(-c2cnn(C)c2)c1.